The number of hydrogen-bond acceptors (Lipinski definition) is 6. The number of rotatable bonds is 5. The Balaban J connectivity index is 1.91. The van der Waals surface area contributed by atoms with Crippen LogP contribution < -0.4 is 11.2 Å². The van der Waals surface area contributed by atoms with Gasteiger partial charge in [0.2, 0.25) is 0 Å². The van der Waals surface area contributed by atoms with E-state index in [0.29, 0.717) is 12.0 Å². The van der Waals surface area contributed by atoms with Gasteiger partial charge in [0.05, 0.1) is 18.3 Å². The fourth-order valence-electron chi connectivity index (χ4n) is 3.89. The summed E-state index contributed by atoms with van der Waals surface area (Å²) in [4.78, 5) is 26.3. The fraction of sp³-hybridized carbons (Fsp3) is 0.778. The molecule has 1 aromatic heterocycles. The van der Waals surface area contributed by atoms with Crippen LogP contribution in [0.4, 0.5) is 0 Å². The smallest absolute Gasteiger partial charge is 0.330 e. The van der Waals surface area contributed by atoms with Gasteiger partial charge >= 0.3 is 5.69 Å². The highest BCUT2D eigenvalue weighted by atomic mass is 16.6. The Bertz CT molecular complexity index is 729. The largest absolute Gasteiger partial charge is 0.388 e. The molecule has 2 fully saturated rings. The van der Waals surface area contributed by atoms with Gasteiger partial charge in [-0.3, -0.25) is 14.3 Å². The Hall–Kier alpha value is -1.48. The average Bonchev–Trinajstić information content (AvgIpc) is 2.94. The molecule has 0 bridgehead atoms. The molecular weight excluding hydrogens is 340 g/mol. The molecule has 1 saturated heterocycles. The molecule has 0 spiro atoms. The summed E-state index contributed by atoms with van der Waals surface area (Å²) in [6.45, 7) is 3.53. The van der Waals surface area contributed by atoms with Gasteiger partial charge in [0.1, 0.15) is 12.2 Å². The van der Waals surface area contributed by atoms with Gasteiger partial charge in [0.15, 0.2) is 6.23 Å². The number of aliphatic hydroxyl groups excluding tert-OH is 1. The van der Waals surface area contributed by atoms with Crippen LogP contribution in [0.25, 0.3) is 0 Å². The van der Waals surface area contributed by atoms with E-state index in [0.717, 1.165) is 25.7 Å². The minimum absolute atomic E-state index is 0.0358. The van der Waals surface area contributed by atoms with Crippen molar-refractivity contribution in [1.82, 2.24) is 9.55 Å². The van der Waals surface area contributed by atoms with Crippen molar-refractivity contribution in [3.05, 3.63) is 32.6 Å². The molecule has 1 saturated carbocycles. The monoisotopic (exact) mass is 368 g/mol. The Morgan fingerprint density at radius 2 is 2.00 bits per heavy atom. The maximum Gasteiger partial charge on any atom is 0.330 e. The molecule has 0 radical (unpaired) electrons. The lowest BCUT2D eigenvalue weighted by Gasteiger charge is -2.34. The first-order valence-corrected chi connectivity index (χ1v) is 9.30. The van der Waals surface area contributed by atoms with Crippen LogP contribution in [0, 0.1) is 6.92 Å². The normalized spacial score (nSPS) is 34.9. The minimum Gasteiger partial charge on any atom is -0.388 e. The quantitative estimate of drug-likeness (QED) is 0.799. The summed E-state index contributed by atoms with van der Waals surface area (Å²) in [6, 6.07) is 0. The van der Waals surface area contributed by atoms with Crippen molar-refractivity contribution in [2.45, 2.75) is 82.7 Å². The Morgan fingerprint density at radius 3 is 2.65 bits per heavy atom. The van der Waals surface area contributed by atoms with Gasteiger partial charge in [-0.05, 0) is 26.2 Å². The molecule has 0 aromatic carbocycles. The van der Waals surface area contributed by atoms with Gasteiger partial charge in [-0.15, -0.1) is 0 Å². The van der Waals surface area contributed by atoms with Gasteiger partial charge in [0, 0.05) is 18.9 Å². The minimum atomic E-state index is -0.858. The lowest BCUT2D eigenvalue weighted by Crippen LogP contribution is -2.44. The van der Waals surface area contributed by atoms with Crippen LogP contribution in [0.5, 0.6) is 0 Å². The molecule has 0 amide bonds. The molecule has 1 aliphatic carbocycles. The maximum atomic E-state index is 12.3. The van der Waals surface area contributed by atoms with Crippen LogP contribution in [0.2, 0.25) is 0 Å². The summed E-state index contributed by atoms with van der Waals surface area (Å²) >= 11 is 0. The van der Waals surface area contributed by atoms with E-state index in [2.05, 4.69) is 4.98 Å². The molecule has 1 unspecified atom stereocenters. The number of H-pyrrole nitrogens is 1. The number of methoxy groups -OCH3 is 1. The zero-order valence-corrected chi connectivity index (χ0v) is 15.5. The number of hydrogen-bond donors (Lipinski definition) is 2. The summed E-state index contributed by atoms with van der Waals surface area (Å²) in [7, 11) is 1.66. The van der Waals surface area contributed by atoms with Crippen molar-refractivity contribution < 1.29 is 19.3 Å². The summed E-state index contributed by atoms with van der Waals surface area (Å²) in [5.41, 5.74) is -0.607. The maximum absolute atomic E-state index is 12.3. The SMILES string of the molecule is CC[C@H]1O[C@@H](n2cc(C)c(=O)[nH]c2=O)C(O[C@@H]2CCCC[C@H]2OC)[C@H]1O. The second-order valence-electron chi connectivity index (χ2n) is 7.14. The van der Waals surface area contributed by atoms with Gasteiger partial charge in [0.25, 0.3) is 5.56 Å². The zero-order chi connectivity index (χ0) is 18.8. The molecule has 1 aromatic rings. The zero-order valence-electron chi connectivity index (χ0n) is 15.5. The van der Waals surface area contributed by atoms with Crippen LogP contribution >= 0.6 is 0 Å². The first kappa shape index (κ1) is 19.3. The highest BCUT2D eigenvalue weighted by Gasteiger charge is 2.47. The van der Waals surface area contributed by atoms with Crippen LogP contribution in [0.1, 0.15) is 50.8 Å². The van der Waals surface area contributed by atoms with Crippen molar-refractivity contribution >= 4 is 0 Å². The van der Waals surface area contributed by atoms with Crippen LogP contribution in [0.15, 0.2) is 15.8 Å². The second kappa shape index (κ2) is 8.04. The van der Waals surface area contributed by atoms with E-state index >= 15 is 0 Å². The van der Waals surface area contributed by atoms with E-state index in [4.69, 9.17) is 14.2 Å². The molecular formula is C18H28N2O6. The average molecular weight is 368 g/mol. The molecule has 26 heavy (non-hydrogen) atoms. The number of aromatic nitrogens is 2. The van der Waals surface area contributed by atoms with Crippen LogP contribution in [0.3, 0.4) is 0 Å². The van der Waals surface area contributed by atoms with Crippen molar-refractivity contribution in [2.75, 3.05) is 7.11 Å². The number of aryl methyl sites for hydroxylation is 1. The highest BCUT2D eigenvalue weighted by molar-refractivity contribution is 5.03. The van der Waals surface area contributed by atoms with Gasteiger partial charge in [-0.2, -0.15) is 0 Å². The fourth-order valence-corrected chi connectivity index (χ4v) is 3.89. The number of aliphatic hydroxyl groups is 1. The lowest BCUT2D eigenvalue weighted by molar-refractivity contribution is -0.150. The number of aromatic amines is 1. The first-order chi connectivity index (χ1) is 12.5. The van der Waals surface area contributed by atoms with Crippen molar-refractivity contribution in [3.8, 4) is 0 Å². The summed E-state index contributed by atoms with van der Waals surface area (Å²) < 4.78 is 19.0. The number of ether oxygens (including phenoxy) is 3. The molecule has 8 nitrogen and oxygen atoms in total. The van der Waals surface area contributed by atoms with Gasteiger partial charge in [-0.1, -0.05) is 19.8 Å². The van der Waals surface area contributed by atoms with Crippen LogP contribution in [-0.4, -0.2) is 52.3 Å². The summed E-state index contributed by atoms with van der Waals surface area (Å²) in [6.07, 6.45) is 2.93. The molecule has 3 rings (SSSR count). The third kappa shape index (κ3) is 3.64. The first-order valence-electron chi connectivity index (χ1n) is 9.30. The van der Waals surface area contributed by atoms with E-state index in [1.54, 1.807) is 14.0 Å². The third-order valence-corrected chi connectivity index (χ3v) is 5.41. The molecule has 1 aliphatic heterocycles. The summed E-state index contributed by atoms with van der Waals surface area (Å²) in [5, 5.41) is 10.7. The number of nitrogens with zero attached hydrogens (tertiary/aromatic N) is 1. The molecule has 2 aliphatic rings. The Kier molecular flexibility index (Phi) is 5.96. The summed E-state index contributed by atoms with van der Waals surface area (Å²) in [5.74, 6) is 0. The standard InChI is InChI=1S/C18H28N2O6/c1-4-11-14(21)15(25-13-8-6-5-7-12(13)24-3)17(26-11)20-9-10(2)16(22)19-18(20)23/h9,11-15,17,21H,4-8H2,1-3H3,(H,19,22,23)/t11-,12-,13-,14+,15?,17-/m1/s1. The van der Waals surface area contributed by atoms with E-state index in [1.807, 2.05) is 6.92 Å². The third-order valence-electron chi connectivity index (χ3n) is 5.41. The molecule has 2 N–H and O–H groups in total. The molecule has 2 heterocycles. The van der Waals surface area contributed by atoms with E-state index < -0.39 is 35.8 Å². The van der Waals surface area contributed by atoms with Crippen molar-refractivity contribution in [2.24, 2.45) is 0 Å². The molecule has 8 heteroatoms. The van der Waals surface area contributed by atoms with Gasteiger partial charge in [-0.25, -0.2) is 4.79 Å². The van der Waals surface area contributed by atoms with Crippen molar-refractivity contribution in [3.63, 3.8) is 0 Å². The van der Waals surface area contributed by atoms with E-state index in [-0.39, 0.29) is 12.2 Å². The Labute approximate surface area is 152 Å². The van der Waals surface area contributed by atoms with Crippen LogP contribution in [-0.2, 0) is 14.2 Å². The molecule has 146 valence electrons. The highest BCUT2D eigenvalue weighted by Crippen LogP contribution is 2.35. The number of nitrogens with one attached hydrogen (secondary N) is 1. The topological polar surface area (TPSA) is 103 Å². The lowest BCUT2D eigenvalue weighted by atomic mass is 9.94. The Morgan fingerprint density at radius 1 is 1.31 bits per heavy atom. The second-order valence-corrected chi connectivity index (χ2v) is 7.14. The molecule has 6 atom stereocenters. The predicted octanol–water partition coefficient (Wildman–Crippen LogP) is 0.856. The van der Waals surface area contributed by atoms with Crippen molar-refractivity contribution in [1.29, 1.82) is 0 Å². The van der Waals surface area contributed by atoms with E-state index in [1.165, 1.54) is 10.8 Å². The van der Waals surface area contributed by atoms with Gasteiger partial charge < -0.3 is 19.3 Å². The van der Waals surface area contributed by atoms with E-state index in [9.17, 15) is 14.7 Å². The predicted molar refractivity (Wildman–Crippen MR) is 94.2 cm³/mol.